The molecule has 0 amide bonds. The van der Waals surface area contributed by atoms with Crippen molar-refractivity contribution in [3.8, 4) is 5.75 Å². The van der Waals surface area contributed by atoms with Crippen molar-refractivity contribution in [1.82, 2.24) is 4.90 Å². The maximum atomic E-state index is 12.5. The minimum absolute atomic E-state index is 0. The SMILES string of the molecule is CN(C)CCOC(=O)[C@H]1Oc2ccc(Cl)cc2[C@](C)(c2ccccc2)O1.Cl. The summed E-state index contributed by atoms with van der Waals surface area (Å²) in [5, 5.41) is 0.574. The summed E-state index contributed by atoms with van der Waals surface area (Å²) in [4.78, 5) is 14.4. The van der Waals surface area contributed by atoms with E-state index in [4.69, 9.17) is 25.8 Å². The molecule has 0 fully saturated rings. The maximum Gasteiger partial charge on any atom is 0.376 e. The van der Waals surface area contributed by atoms with Gasteiger partial charge < -0.3 is 19.1 Å². The maximum absolute atomic E-state index is 12.5. The van der Waals surface area contributed by atoms with E-state index in [1.54, 1.807) is 18.2 Å². The van der Waals surface area contributed by atoms with Gasteiger partial charge in [0.25, 0.3) is 0 Å². The van der Waals surface area contributed by atoms with Crippen LogP contribution in [0.2, 0.25) is 5.02 Å². The second-order valence-corrected chi connectivity index (χ2v) is 7.01. The summed E-state index contributed by atoms with van der Waals surface area (Å²) in [6.07, 6.45) is -1.14. The van der Waals surface area contributed by atoms with Crippen LogP contribution in [0.25, 0.3) is 0 Å². The van der Waals surface area contributed by atoms with Gasteiger partial charge in [0, 0.05) is 17.1 Å². The molecule has 0 bridgehead atoms. The Morgan fingerprint density at radius 1 is 1.22 bits per heavy atom. The molecule has 0 saturated carbocycles. The molecule has 0 aromatic heterocycles. The molecule has 27 heavy (non-hydrogen) atoms. The van der Waals surface area contributed by atoms with E-state index >= 15 is 0 Å². The van der Waals surface area contributed by atoms with Crippen LogP contribution >= 0.6 is 24.0 Å². The number of esters is 1. The van der Waals surface area contributed by atoms with Gasteiger partial charge in [-0.1, -0.05) is 41.9 Å². The molecule has 1 heterocycles. The first-order valence-corrected chi connectivity index (χ1v) is 8.79. The zero-order valence-corrected chi connectivity index (χ0v) is 17.0. The Kier molecular flexibility index (Phi) is 7.12. The Morgan fingerprint density at radius 3 is 2.59 bits per heavy atom. The average molecular weight is 412 g/mol. The molecule has 0 spiro atoms. The lowest BCUT2D eigenvalue weighted by molar-refractivity contribution is -0.206. The van der Waals surface area contributed by atoms with Gasteiger partial charge in [-0.05, 0) is 44.8 Å². The second kappa shape index (κ2) is 8.93. The number of carbonyl (C=O) groups excluding carboxylic acids is 1. The first-order chi connectivity index (χ1) is 12.4. The number of ether oxygens (including phenoxy) is 3. The van der Waals surface area contributed by atoms with Crippen LogP contribution in [0.5, 0.6) is 5.75 Å². The fourth-order valence-electron chi connectivity index (χ4n) is 2.87. The lowest BCUT2D eigenvalue weighted by atomic mass is 9.86. The molecule has 0 N–H and O–H groups in total. The van der Waals surface area contributed by atoms with Crippen molar-refractivity contribution in [2.75, 3.05) is 27.2 Å². The minimum Gasteiger partial charge on any atom is -0.460 e. The van der Waals surface area contributed by atoms with Gasteiger partial charge in [-0.2, -0.15) is 0 Å². The number of fused-ring (bicyclic) bond motifs is 1. The Labute approximate surface area is 170 Å². The van der Waals surface area contributed by atoms with Gasteiger partial charge in [0.05, 0.1) is 0 Å². The predicted molar refractivity (Wildman–Crippen MR) is 107 cm³/mol. The number of likely N-dealkylation sites (N-methyl/N-ethyl adjacent to an activating group) is 1. The van der Waals surface area contributed by atoms with Crippen LogP contribution in [0.1, 0.15) is 18.1 Å². The molecule has 2 atom stereocenters. The van der Waals surface area contributed by atoms with Gasteiger partial charge in [-0.25, -0.2) is 4.79 Å². The summed E-state index contributed by atoms with van der Waals surface area (Å²) in [5.41, 5.74) is 0.789. The third kappa shape index (κ3) is 4.74. The van der Waals surface area contributed by atoms with Crippen molar-refractivity contribution in [3.05, 3.63) is 64.7 Å². The van der Waals surface area contributed by atoms with Gasteiger partial charge in [0.1, 0.15) is 18.0 Å². The van der Waals surface area contributed by atoms with Gasteiger partial charge in [0.15, 0.2) is 0 Å². The van der Waals surface area contributed by atoms with Crippen molar-refractivity contribution in [2.24, 2.45) is 0 Å². The van der Waals surface area contributed by atoms with Crippen molar-refractivity contribution < 1.29 is 19.0 Å². The normalized spacial score (nSPS) is 21.0. The fourth-order valence-corrected chi connectivity index (χ4v) is 3.04. The highest BCUT2D eigenvalue weighted by atomic mass is 35.5. The number of benzene rings is 2. The Balaban J connectivity index is 0.00000261. The molecule has 0 unspecified atom stereocenters. The molecular formula is C20H23Cl2NO4. The molecule has 7 heteroatoms. The number of nitrogens with zero attached hydrogens (tertiary/aromatic N) is 1. The highest BCUT2D eigenvalue weighted by Crippen LogP contribution is 2.44. The summed E-state index contributed by atoms with van der Waals surface area (Å²) in [6, 6.07) is 15.0. The summed E-state index contributed by atoms with van der Waals surface area (Å²) >= 11 is 6.18. The van der Waals surface area contributed by atoms with E-state index in [1.807, 2.05) is 56.3 Å². The van der Waals surface area contributed by atoms with Crippen LogP contribution in [0.3, 0.4) is 0 Å². The van der Waals surface area contributed by atoms with E-state index in [9.17, 15) is 4.79 Å². The second-order valence-electron chi connectivity index (χ2n) is 6.58. The fraction of sp³-hybridized carbons (Fsp3) is 0.350. The molecule has 0 saturated heterocycles. The Hall–Kier alpha value is -1.79. The van der Waals surface area contributed by atoms with Crippen LogP contribution < -0.4 is 4.74 Å². The van der Waals surface area contributed by atoms with E-state index < -0.39 is 17.9 Å². The standard InChI is InChI=1S/C20H22ClNO4.ClH/c1-20(14-7-5-4-6-8-14)16-13-15(21)9-10-17(16)25-19(26-20)18(23)24-12-11-22(2)3;/h4-10,13,19H,11-12H2,1-3H3;1H/t19-,20-;/m0./s1. The van der Waals surface area contributed by atoms with Crippen LogP contribution in [0, 0.1) is 0 Å². The Bertz CT molecular complexity index is 785. The molecule has 0 radical (unpaired) electrons. The summed E-state index contributed by atoms with van der Waals surface area (Å²) < 4.78 is 17.1. The molecule has 1 aliphatic rings. The topological polar surface area (TPSA) is 48.0 Å². The van der Waals surface area contributed by atoms with Gasteiger partial charge in [0.2, 0.25) is 0 Å². The largest absolute Gasteiger partial charge is 0.460 e. The van der Waals surface area contributed by atoms with E-state index in [0.29, 0.717) is 17.3 Å². The number of rotatable bonds is 5. The molecule has 0 aliphatic carbocycles. The highest BCUT2D eigenvalue weighted by Gasteiger charge is 2.43. The predicted octanol–water partition coefficient (Wildman–Crippen LogP) is 3.87. The van der Waals surface area contributed by atoms with Crippen LogP contribution in [0.4, 0.5) is 0 Å². The van der Waals surface area contributed by atoms with Gasteiger partial charge >= 0.3 is 12.3 Å². The van der Waals surface area contributed by atoms with Crippen molar-refractivity contribution in [1.29, 1.82) is 0 Å². The van der Waals surface area contributed by atoms with E-state index in [0.717, 1.165) is 11.1 Å². The molecule has 146 valence electrons. The molecule has 5 nitrogen and oxygen atoms in total. The van der Waals surface area contributed by atoms with Crippen molar-refractivity contribution in [3.63, 3.8) is 0 Å². The third-order valence-electron chi connectivity index (χ3n) is 4.33. The average Bonchev–Trinajstić information content (AvgIpc) is 2.62. The number of hydrogen-bond acceptors (Lipinski definition) is 5. The monoisotopic (exact) mass is 411 g/mol. The number of carbonyl (C=O) groups is 1. The first kappa shape index (κ1) is 21.5. The smallest absolute Gasteiger partial charge is 0.376 e. The molecule has 1 aliphatic heterocycles. The van der Waals surface area contributed by atoms with E-state index in [2.05, 4.69) is 0 Å². The quantitative estimate of drug-likeness (QED) is 0.698. The van der Waals surface area contributed by atoms with Gasteiger partial charge in [-0.3, -0.25) is 0 Å². The first-order valence-electron chi connectivity index (χ1n) is 8.41. The summed E-state index contributed by atoms with van der Waals surface area (Å²) in [5.74, 6) is 0.0103. The van der Waals surface area contributed by atoms with Crippen LogP contribution in [0.15, 0.2) is 48.5 Å². The number of halogens is 2. The highest BCUT2D eigenvalue weighted by molar-refractivity contribution is 6.30. The third-order valence-corrected chi connectivity index (χ3v) is 4.57. The van der Waals surface area contributed by atoms with Crippen LogP contribution in [-0.2, 0) is 19.9 Å². The van der Waals surface area contributed by atoms with Crippen molar-refractivity contribution >= 4 is 30.0 Å². The van der Waals surface area contributed by atoms with Crippen LogP contribution in [-0.4, -0.2) is 44.4 Å². The number of hydrogen-bond donors (Lipinski definition) is 0. The lowest BCUT2D eigenvalue weighted by Crippen LogP contribution is -2.45. The zero-order valence-electron chi connectivity index (χ0n) is 15.5. The van der Waals surface area contributed by atoms with E-state index in [1.165, 1.54) is 0 Å². The van der Waals surface area contributed by atoms with Crippen molar-refractivity contribution in [2.45, 2.75) is 18.8 Å². The molecular weight excluding hydrogens is 389 g/mol. The molecule has 2 aromatic rings. The Morgan fingerprint density at radius 2 is 1.93 bits per heavy atom. The minimum atomic E-state index is -1.14. The van der Waals surface area contributed by atoms with E-state index in [-0.39, 0.29) is 19.0 Å². The molecule has 3 rings (SSSR count). The molecule has 2 aromatic carbocycles. The summed E-state index contributed by atoms with van der Waals surface area (Å²) in [6.45, 7) is 2.80. The lowest BCUT2D eigenvalue weighted by Gasteiger charge is -2.39. The van der Waals surface area contributed by atoms with Gasteiger partial charge in [-0.15, -0.1) is 12.4 Å². The summed E-state index contributed by atoms with van der Waals surface area (Å²) in [7, 11) is 3.82. The zero-order chi connectivity index (χ0) is 18.7.